The first-order chi connectivity index (χ1) is 8.88. The highest BCUT2D eigenvalue weighted by Gasteiger charge is 2.39. The molecule has 0 bridgehead atoms. The Labute approximate surface area is 111 Å². The van der Waals surface area contributed by atoms with Gasteiger partial charge in [0.05, 0.1) is 0 Å². The van der Waals surface area contributed by atoms with Crippen molar-refractivity contribution in [3.8, 4) is 0 Å². The Balaban J connectivity index is 2.70. The van der Waals surface area contributed by atoms with Crippen LogP contribution in [0.1, 0.15) is 26.2 Å². The molecule has 0 radical (unpaired) electrons. The standard InChI is InChI=1S/C12H19N3O4/c1-4-5-8-10(17)13-12(19)15(11(8)18)7-6-9(16)14(2)3/h8H,4-7H2,1-3H3,(H,13,17,19). The lowest BCUT2D eigenvalue weighted by Crippen LogP contribution is -2.58. The van der Waals surface area contributed by atoms with Gasteiger partial charge < -0.3 is 4.90 Å². The molecular formula is C12H19N3O4. The molecule has 0 saturated carbocycles. The summed E-state index contributed by atoms with van der Waals surface area (Å²) < 4.78 is 0. The monoisotopic (exact) mass is 269 g/mol. The topological polar surface area (TPSA) is 86.8 Å². The summed E-state index contributed by atoms with van der Waals surface area (Å²) in [5.41, 5.74) is 0. The zero-order valence-corrected chi connectivity index (χ0v) is 11.4. The molecular weight excluding hydrogens is 250 g/mol. The van der Waals surface area contributed by atoms with Gasteiger partial charge >= 0.3 is 6.03 Å². The summed E-state index contributed by atoms with van der Waals surface area (Å²) in [6, 6.07) is -0.742. The van der Waals surface area contributed by atoms with Crippen LogP contribution in [0.15, 0.2) is 0 Å². The van der Waals surface area contributed by atoms with Crippen molar-refractivity contribution in [2.24, 2.45) is 5.92 Å². The number of hydrogen-bond acceptors (Lipinski definition) is 4. The number of urea groups is 1. The normalized spacial score (nSPS) is 19.4. The third kappa shape index (κ3) is 3.52. The molecule has 106 valence electrons. The average Bonchev–Trinajstić information content (AvgIpc) is 2.33. The van der Waals surface area contributed by atoms with Gasteiger partial charge in [0.1, 0.15) is 5.92 Å². The van der Waals surface area contributed by atoms with Crippen LogP contribution >= 0.6 is 0 Å². The van der Waals surface area contributed by atoms with Crippen LogP contribution in [-0.2, 0) is 14.4 Å². The highest BCUT2D eigenvalue weighted by molar-refractivity contribution is 6.16. The molecule has 1 fully saturated rings. The minimum atomic E-state index is -0.822. The fourth-order valence-electron chi connectivity index (χ4n) is 1.85. The Kier molecular flexibility index (Phi) is 5.02. The number of nitrogens with zero attached hydrogens (tertiary/aromatic N) is 2. The molecule has 1 rings (SSSR count). The first kappa shape index (κ1) is 15.1. The molecule has 1 aliphatic heterocycles. The van der Waals surface area contributed by atoms with Gasteiger partial charge in [0, 0.05) is 27.1 Å². The Bertz CT molecular complexity index is 406. The van der Waals surface area contributed by atoms with Gasteiger partial charge in [0.2, 0.25) is 17.7 Å². The van der Waals surface area contributed by atoms with E-state index in [1.807, 2.05) is 6.92 Å². The Morgan fingerprint density at radius 2 is 1.95 bits per heavy atom. The van der Waals surface area contributed by atoms with Crippen molar-refractivity contribution in [3.63, 3.8) is 0 Å². The molecule has 1 aliphatic rings. The summed E-state index contributed by atoms with van der Waals surface area (Å²) >= 11 is 0. The van der Waals surface area contributed by atoms with Gasteiger partial charge in [-0.3, -0.25) is 24.6 Å². The van der Waals surface area contributed by atoms with Crippen LogP contribution in [0.3, 0.4) is 0 Å². The van der Waals surface area contributed by atoms with Gasteiger partial charge in [-0.15, -0.1) is 0 Å². The van der Waals surface area contributed by atoms with E-state index in [1.54, 1.807) is 14.1 Å². The number of amides is 5. The van der Waals surface area contributed by atoms with Crippen molar-refractivity contribution in [2.75, 3.05) is 20.6 Å². The quantitative estimate of drug-likeness (QED) is 0.709. The molecule has 0 aromatic heterocycles. The Morgan fingerprint density at radius 1 is 1.32 bits per heavy atom. The molecule has 5 amide bonds. The van der Waals surface area contributed by atoms with E-state index in [0.29, 0.717) is 12.8 Å². The maximum Gasteiger partial charge on any atom is 0.330 e. The highest BCUT2D eigenvalue weighted by atomic mass is 16.2. The molecule has 0 aliphatic carbocycles. The third-order valence-corrected chi connectivity index (χ3v) is 2.98. The molecule has 19 heavy (non-hydrogen) atoms. The summed E-state index contributed by atoms with van der Waals surface area (Å²) in [4.78, 5) is 49.0. The summed E-state index contributed by atoms with van der Waals surface area (Å²) in [6.45, 7) is 1.85. The Morgan fingerprint density at radius 3 is 2.47 bits per heavy atom. The molecule has 0 aromatic carbocycles. The van der Waals surface area contributed by atoms with Crippen LogP contribution in [-0.4, -0.2) is 54.2 Å². The minimum Gasteiger partial charge on any atom is -0.349 e. The minimum absolute atomic E-state index is 0.00479. The van der Waals surface area contributed by atoms with Gasteiger partial charge in [-0.25, -0.2) is 4.79 Å². The van der Waals surface area contributed by atoms with E-state index in [4.69, 9.17) is 0 Å². The molecule has 0 spiro atoms. The van der Waals surface area contributed by atoms with Crippen LogP contribution in [0.25, 0.3) is 0 Å². The third-order valence-electron chi connectivity index (χ3n) is 2.98. The van der Waals surface area contributed by atoms with Crippen molar-refractivity contribution >= 4 is 23.8 Å². The van der Waals surface area contributed by atoms with E-state index in [0.717, 1.165) is 4.90 Å². The van der Waals surface area contributed by atoms with E-state index in [1.165, 1.54) is 4.90 Å². The molecule has 0 aromatic rings. The van der Waals surface area contributed by atoms with Crippen molar-refractivity contribution < 1.29 is 19.2 Å². The van der Waals surface area contributed by atoms with Gasteiger partial charge in [0.15, 0.2) is 0 Å². The number of carbonyl (C=O) groups is 4. The number of nitrogens with one attached hydrogen (secondary N) is 1. The molecule has 1 atom stereocenters. The molecule has 1 saturated heterocycles. The van der Waals surface area contributed by atoms with E-state index < -0.39 is 23.8 Å². The van der Waals surface area contributed by atoms with Crippen LogP contribution in [0.2, 0.25) is 0 Å². The number of hydrogen-bond donors (Lipinski definition) is 1. The van der Waals surface area contributed by atoms with Crippen molar-refractivity contribution in [2.45, 2.75) is 26.2 Å². The van der Waals surface area contributed by atoms with Crippen molar-refractivity contribution in [3.05, 3.63) is 0 Å². The summed E-state index contributed by atoms with van der Waals surface area (Å²) in [7, 11) is 3.20. The SMILES string of the molecule is CCCC1C(=O)NC(=O)N(CCC(=O)N(C)C)C1=O. The van der Waals surface area contributed by atoms with Crippen LogP contribution < -0.4 is 5.32 Å². The van der Waals surface area contributed by atoms with E-state index in [-0.39, 0.29) is 18.9 Å². The predicted octanol–water partition coefficient (Wildman–Crippen LogP) is -0.0406. The van der Waals surface area contributed by atoms with E-state index >= 15 is 0 Å². The second kappa shape index (κ2) is 6.31. The zero-order chi connectivity index (χ0) is 14.6. The fraction of sp³-hybridized carbons (Fsp3) is 0.667. The van der Waals surface area contributed by atoms with E-state index in [2.05, 4.69) is 5.32 Å². The largest absolute Gasteiger partial charge is 0.349 e. The summed E-state index contributed by atoms with van der Waals surface area (Å²) in [5.74, 6) is -2.06. The average molecular weight is 269 g/mol. The number of imide groups is 2. The van der Waals surface area contributed by atoms with Crippen LogP contribution in [0, 0.1) is 5.92 Å². The van der Waals surface area contributed by atoms with E-state index in [9.17, 15) is 19.2 Å². The zero-order valence-electron chi connectivity index (χ0n) is 11.4. The van der Waals surface area contributed by atoms with Gasteiger partial charge in [-0.05, 0) is 6.42 Å². The first-order valence-electron chi connectivity index (χ1n) is 6.24. The number of carbonyl (C=O) groups excluding carboxylic acids is 4. The maximum atomic E-state index is 12.0. The number of barbiturate groups is 1. The predicted molar refractivity (Wildman–Crippen MR) is 67.0 cm³/mol. The lowest BCUT2D eigenvalue weighted by Gasteiger charge is -2.30. The first-order valence-corrected chi connectivity index (χ1v) is 6.24. The smallest absolute Gasteiger partial charge is 0.330 e. The molecule has 1 heterocycles. The highest BCUT2D eigenvalue weighted by Crippen LogP contribution is 2.16. The van der Waals surface area contributed by atoms with Crippen molar-refractivity contribution in [1.29, 1.82) is 0 Å². The Hall–Kier alpha value is -1.92. The van der Waals surface area contributed by atoms with Gasteiger partial charge in [-0.1, -0.05) is 13.3 Å². The van der Waals surface area contributed by atoms with Gasteiger partial charge in [-0.2, -0.15) is 0 Å². The maximum absolute atomic E-state index is 12.0. The lowest BCUT2D eigenvalue weighted by atomic mass is 9.99. The van der Waals surface area contributed by atoms with Crippen molar-refractivity contribution in [1.82, 2.24) is 15.1 Å². The molecule has 1 N–H and O–H groups in total. The second-order valence-corrected chi connectivity index (χ2v) is 4.66. The molecule has 1 unspecified atom stereocenters. The molecule has 7 nitrogen and oxygen atoms in total. The summed E-state index contributed by atoms with van der Waals surface area (Å²) in [6.07, 6.45) is 1.12. The summed E-state index contributed by atoms with van der Waals surface area (Å²) in [5, 5.41) is 2.15. The van der Waals surface area contributed by atoms with Gasteiger partial charge in [0.25, 0.3) is 0 Å². The fourth-order valence-corrected chi connectivity index (χ4v) is 1.85. The van der Waals surface area contributed by atoms with Crippen LogP contribution in [0.5, 0.6) is 0 Å². The lowest BCUT2D eigenvalue weighted by molar-refractivity contribution is -0.143. The van der Waals surface area contributed by atoms with Crippen LogP contribution in [0.4, 0.5) is 4.79 Å². The number of rotatable bonds is 5. The second-order valence-electron chi connectivity index (χ2n) is 4.66. The molecule has 7 heteroatoms.